The molecule has 0 aromatic heterocycles. The first-order valence-corrected chi connectivity index (χ1v) is 15.0. The van der Waals surface area contributed by atoms with Gasteiger partial charge in [0.1, 0.15) is 6.04 Å². The van der Waals surface area contributed by atoms with Crippen LogP contribution in [0, 0.1) is 11.6 Å². The van der Waals surface area contributed by atoms with Gasteiger partial charge in [0, 0.05) is 26.2 Å². The zero-order chi connectivity index (χ0) is 26.5. The summed E-state index contributed by atoms with van der Waals surface area (Å²) >= 11 is 12.7. The number of carboxylic acid groups (broad SMARTS) is 1. The van der Waals surface area contributed by atoms with E-state index in [1.807, 2.05) is 37.0 Å². The van der Waals surface area contributed by atoms with Crippen LogP contribution in [0.15, 0.2) is 71.6 Å². The van der Waals surface area contributed by atoms with Crippen molar-refractivity contribution in [2.75, 3.05) is 12.9 Å². The molecule has 10 heteroatoms. The topological polar surface area (TPSA) is 101 Å². The van der Waals surface area contributed by atoms with Crippen molar-refractivity contribution in [2.45, 2.75) is 17.4 Å². The zero-order valence-corrected chi connectivity index (χ0v) is 22.5. The molecule has 36 heavy (non-hydrogen) atoms. The lowest BCUT2D eigenvalue weighted by atomic mass is 10.0. The minimum absolute atomic E-state index is 0.0349. The second kappa shape index (κ2) is 11.9. The standard InChI is InChI=1S/C26H22Cl2NO5PS/c1-35(19-8-4-3-5-9-19)12-11-18-14-21(27)24(22(28)15-18)25(30)29-23(26(31)32)16-17-7-6-10-20(13-17)36(2,33)34/h3-10,13-15,23H,16H2,1-2H3,(H,29,30)(H,31,32)/t23-,35?/m0/s1. The van der Waals surface area contributed by atoms with E-state index in [1.165, 1.54) is 30.3 Å². The highest BCUT2D eigenvalue weighted by atomic mass is 35.5. The Hall–Kier alpha value is -2.88. The van der Waals surface area contributed by atoms with E-state index >= 15 is 0 Å². The van der Waals surface area contributed by atoms with Gasteiger partial charge in [0.2, 0.25) is 0 Å². The van der Waals surface area contributed by atoms with Crippen molar-refractivity contribution in [2.24, 2.45) is 0 Å². The van der Waals surface area contributed by atoms with Crippen molar-refractivity contribution < 1.29 is 23.1 Å². The molecule has 3 aromatic rings. The van der Waals surface area contributed by atoms with Gasteiger partial charge in [-0.25, -0.2) is 13.2 Å². The van der Waals surface area contributed by atoms with Crippen LogP contribution in [0.3, 0.4) is 0 Å². The summed E-state index contributed by atoms with van der Waals surface area (Å²) in [6.45, 7) is 2.03. The number of carbonyl (C=O) groups is 2. The molecule has 0 saturated carbocycles. The molecule has 186 valence electrons. The van der Waals surface area contributed by atoms with E-state index in [4.69, 9.17) is 23.2 Å². The van der Waals surface area contributed by atoms with E-state index < -0.39 is 35.7 Å². The normalized spacial score (nSPS) is 12.7. The number of carbonyl (C=O) groups excluding carboxylic acids is 1. The fraction of sp³-hybridized carbons (Fsp3) is 0.154. The van der Waals surface area contributed by atoms with E-state index in [-0.39, 0.29) is 26.9 Å². The Balaban J connectivity index is 1.79. The Kier molecular flexibility index (Phi) is 9.16. The van der Waals surface area contributed by atoms with E-state index in [0.29, 0.717) is 11.1 Å². The summed E-state index contributed by atoms with van der Waals surface area (Å²) in [5, 5.41) is 13.3. The predicted octanol–water partition coefficient (Wildman–Crippen LogP) is 4.57. The Morgan fingerprint density at radius 1 is 1.03 bits per heavy atom. The number of hydrogen-bond acceptors (Lipinski definition) is 4. The van der Waals surface area contributed by atoms with Gasteiger partial charge in [-0.2, -0.15) is 0 Å². The molecule has 0 aliphatic carbocycles. The number of sulfone groups is 1. The molecule has 1 amide bonds. The maximum Gasteiger partial charge on any atom is 0.326 e. The smallest absolute Gasteiger partial charge is 0.326 e. The molecule has 0 aliphatic rings. The number of nitrogens with one attached hydrogen (secondary N) is 1. The highest BCUT2D eigenvalue weighted by Crippen LogP contribution is 2.29. The average molecular weight is 562 g/mol. The van der Waals surface area contributed by atoms with Crippen LogP contribution in [-0.2, 0) is 21.1 Å². The van der Waals surface area contributed by atoms with E-state index in [1.54, 1.807) is 6.07 Å². The zero-order valence-electron chi connectivity index (χ0n) is 19.3. The third-order valence-electron chi connectivity index (χ3n) is 5.15. The van der Waals surface area contributed by atoms with Crippen LogP contribution in [0.2, 0.25) is 10.0 Å². The number of halogens is 2. The second-order valence-corrected chi connectivity index (χ2v) is 12.6. The van der Waals surface area contributed by atoms with Crippen LogP contribution >= 0.6 is 31.1 Å². The summed E-state index contributed by atoms with van der Waals surface area (Å²) in [6, 6.07) is 17.4. The molecule has 6 nitrogen and oxygen atoms in total. The number of aliphatic carboxylic acids is 1. The minimum atomic E-state index is -3.47. The highest BCUT2D eigenvalue weighted by Gasteiger charge is 2.24. The fourth-order valence-corrected chi connectivity index (χ4v) is 5.69. The van der Waals surface area contributed by atoms with Crippen LogP contribution in [0.1, 0.15) is 21.5 Å². The summed E-state index contributed by atoms with van der Waals surface area (Å²) in [5.74, 6) is 0.978. The Bertz CT molecular complexity index is 1440. The van der Waals surface area contributed by atoms with Crippen LogP contribution in [0.4, 0.5) is 0 Å². The third-order valence-corrected chi connectivity index (χ3v) is 8.38. The van der Waals surface area contributed by atoms with Crippen LogP contribution < -0.4 is 10.6 Å². The highest BCUT2D eigenvalue weighted by molar-refractivity contribution is 7.90. The Labute approximate surface area is 221 Å². The molecule has 0 fully saturated rings. The lowest BCUT2D eigenvalue weighted by Crippen LogP contribution is -2.42. The molecule has 0 saturated heterocycles. The van der Waals surface area contributed by atoms with Crippen molar-refractivity contribution in [3.63, 3.8) is 0 Å². The quantitative estimate of drug-likeness (QED) is 0.325. The average Bonchev–Trinajstić information content (AvgIpc) is 2.82. The minimum Gasteiger partial charge on any atom is -0.480 e. The number of hydrogen-bond donors (Lipinski definition) is 2. The van der Waals surface area contributed by atoms with Gasteiger partial charge in [0.05, 0.1) is 20.5 Å². The molecule has 0 aliphatic heterocycles. The molecule has 0 bridgehead atoms. The first-order chi connectivity index (χ1) is 17.0. The third kappa shape index (κ3) is 7.32. The number of amides is 1. The molecule has 0 heterocycles. The monoisotopic (exact) mass is 561 g/mol. The molecule has 2 atom stereocenters. The van der Waals surface area contributed by atoms with E-state index in [2.05, 4.69) is 16.9 Å². The van der Waals surface area contributed by atoms with Gasteiger partial charge in [-0.05, 0) is 41.8 Å². The maximum atomic E-state index is 12.9. The number of benzene rings is 3. The van der Waals surface area contributed by atoms with Crippen molar-refractivity contribution in [3.05, 3.63) is 93.5 Å². The SMILES string of the molecule is CP(C#Cc1cc(Cl)c(C(=O)N[C@@H](Cc2cccc(S(C)(=O)=O)c2)C(=O)O)c(Cl)c1)c1ccccc1. The lowest BCUT2D eigenvalue weighted by molar-refractivity contribution is -0.139. The fourth-order valence-electron chi connectivity index (χ4n) is 3.30. The molecule has 2 N–H and O–H groups in total. The molecule has 0 radical (unpaired) electrons. The summed E-state index contributed by atoms with van der Waals surface area (Å²) in [7, 11) is -4.19. The van der Waals surface area contributed by atoms with Crippen LogP contribution in [-0.4, -0.2) is 44.4 Å². The van der Waals surface area contributed by atoms with Gasteiger partial charge >= 0.3 is 5.97 Å². The van der Waals surface area contributed by atoms with Crippen LogP contribution in [0.5, 0.6) is 0 Å². The van der Waals surface area contributed by atoms with Gasteiger partial charge in [0.15, 0.2) is 9.84 Å². The van der Waals surface area contributed by atoms with E-state index in [9.17, 15) is 23.1 Å². The summed E-state index contributed by atoms with van der Waals surface area (Å²) in [4.78, 5) is 24.8. The van der Waals surface area contributed by atoms with Gasteiger partial charge in [-0.1, -0.05) is 77.2 Å². The van der Waals surface area contributed by atoms with E-state index in [0.717, 1.165) is 11.6 Å². The molecular weight excluding hydrogens is 540 g/mol. The lowest BCUT2D eigenvalue weighted by Gasteiger charge is -2.16. The van der Waals surface area contributed by atoms with Crippen molar-refractivity contribution in [3.8, 4) is 11.6 Å². The summed E-state index contributed by atoms with van der Waals surface area (Å²) in [5.41, 5.74) is 4.08. The van der Waals surface area contributed by atoms with Gasteiger partial charge in [-0.3, -0.25) is 4.79 Å². The largest absolute Gasteiger partial charge is 0.480 e. The van der Waals surface area contributed by atoms with Crippen molar-refractivity contribution in [1.82, 2.24) is 5.32 Å². The molecule has 0 spiro atoms. The number of carboxylic acids is 1. The summed E-state index contributed by atoms with van der Waals surface area (Å²) < 4.78 is 23.6. The van der Waals surface area contributed by atoms with Gasteiger partial charge < -0.3 is 10.4 Å². The van der Waals surface area contributed by atoms with Gasteiger partial charge in [-0.15, -0.1) is 0 Å². The Morgan fingerprint density at radius 2 is 1.67 bits per heavy atom. The Morgan fingerprint density at radius 3 is 2.25 bits per heavy atom. The van der Waals surface area contributed by atoms with Crippen molar-refractivity contribution >= 4 is 58.1 Å². The first kappa shape index (κ1) is 27.7. The second-order valence-electron chi connectivity index (χ2n) is 7.93. The van der Waals surface area contributed by atoms with Gasteiger partial charge in [0.25, 0.3) is 5.91 Å². The molecular formula is C26H22Cl2NO5PS. The number of rotatable bonds is 7. The van der Waals surface area contributed by atoms with Crippen molar-refractivity contribution in [1.29, 1.82) is 0 Å². The maximum absolute atomic E-state index is 12.9. The molecule has 3 rings (SSSR count). The predicted molar refractivity (Wildman–Crippen MR) is 144 cm³/mol. The first-order valence-electron chi connectivity index (χ1n) is 10.6. The van der Waals surface area contributed by atoms with Crippen LogP contribution in [0.25, 0.3) is 0 Å². The molecule has 1 unspecified atom stereocenters. The molecule has 3 aromatic carbocycles. The summed E-state index contributed by atoms with van der Waals surface area (Å²) in [6.07, 6.45) is 0.923.